The third-order valence-electron chi connectivity index (χ3n) is 2.63. The standard InChI is InChI=1S/C12H22N4/c1-5-10(6-2)15-11-9(4)8-14-12(16-11)13-7-3/h8,10H,5-7H2,1-4H3,(H2,13,14,15,16). The largest absolute Gasteiger partial charge is 0.367 e. The molecule has 0 saturated carbocycles. The Labute approximate surface area is 97.9 Å². The highest BCUT2D eigenvalue weighted by Crippen LogP contribution is 2.15. The van der Waals surface area contributed by atoms with Crippen LogP contribution in [0.4, 0.5) is 11.8 Å². The number of anilines is 2. The molecule has 2 N–H and O–H groups in total. The van der Waals surface area contributed by atoms with Gasteiger partial charge in [-0.3, -0.25) is 0 Å². The first-order valence-electron chi connectivity index (χ1n) is 6.05. The van der Waals surface area contributed by atoms with Gasteiger partial charge in [0.2, 0.25) is 5.95 Å². The summed E-state index contributed by atoms with van der Waals surface area (Å²) in [6.45, 7) is 9.27. The highest BCUT2D eigenvalue weighted by Gasteiger charge is 2.07. The van der Waals surface area contributed by atoms with Crippen LogP contribution in [-0.2, 0) is 0 Å². The van der Waals surface area contributed by atoms with E-state index in [0.29, 0.717) is 12.0 Å². The SMILES string of the molecule is CCNc1ncc(C)c(NC(CC)CC)n1. The molecule has 1 heterocycles. The monoisotopic (exact) mass is 222 g/mol. The minimum Gasteiger partial charge on any atom is -0.367 e. The molecule has 0 bridgehead atoms. The van der Waals surface area contributed by atoms with E-state index in [2.05, 4.69) is 34.4 Å². The van der Waals surface area contributed by atoms with Gasteiger partial charge in [-0.25, -0.2) is 4.98 Å². The number of hydrogen-bond acceptors (Lipinski definition) is 4. The van der Waals surface area contributed by atoms with Crippen LogP contribution in [0, 0.1) is 6.92 Å². The average molecular weight is 222 g/mol. The van der Waals surface area contributed by atoms with Gasteiger partial charge in [-0.1, -0.05) is 13.8 Å². The summed E-state index contributed by atoms with van der Waals surface area (Å²) in [7, 11) is 0. The van der Waals surface area contributed by atoms with E-state index in [1.807, 2.05) is 20.0 Å². The molecule has 0 aromatic carbocycles. The Morgan fingerprint density at radius 3 is 2.50 bits per heavy atom. The molecule has 90 valence electrons. The molecule has 0 spiro atoms. The van der Waals surface area contributed by atoms with Crippen LogP contribution < -0.4 is 10.6 Å². The van der Waals surface area contributed by atoms with Crippen molar-refractivity contribution in [2.75, 3.05) is 17.2 Å². The van der Waals surface area contributed by atoms with Crippen LogP contribution in [-0.4, -0.2) is 22.6 Å². The number of rotatable bonds is 6. The first kappa shape index (κ1) is 12.7. The smallest absolute Gasteiger partial charge is 0.224 e. The van der Waals surface area contributed by atoms with Crippen LogP contribution in [0.25, 0.3) is 0 Å². The molecule has 0 amide bonds. The van der Waals surface area contributed by atoms with E-state index in [4.69, 9.17) is 0 Å². The summed E-state index contributed by atoms with van der Waals surface area (Å²) in [5.74, 6) is 1.64. The first-order chi connectivity index (χ1) is 7.71. The van der Waals surface area contributed by atoms with Crippen molar-refractivity contribution in [3.63, 3.8) is 0 Å². The second kappa shape index (κ2) is 6.30. The van der Waals surface area contributed by atoms with Gasteiger partial charge in [-0.2, -0.15) is 4.98 Å². The molecule has 0 aliphatic rings. The van der Waals surface area contributed by atoms with E-state index >= 15 is 0 Å². The Morgan fingerprint density at radius 2 is 1.94 bits per heavy atom. The van der Waals surface area contributed by atoms with Gasteiger partial charge in [0.25, 0.3) is 0 Å². The van der Waals surface area contributed by atoms with Crippen molar-refractivity contribution < 1.29 is 0 Å². The molecule has 16 heavy (non-hydrogen) atoms. The van der Waals surface area contributed by atoms with E-state index in [9.17, 15) is 0 Å². The summed E-state index contributed by atoms with van der Waals surface area (Å²) in [6, 6.07) is 0.489. The van der Waals surface area contributed by atoms with Gasteiger partial charge in [-0.05, 0) is 26.7 Å². The van der Waals surface area contributed by atoms with Crippen molar-refractivity contribution in [3.8, 4) is 0 Å². The minimum absolute atomic E-state index is 0.489. The third-order valence-corrected chi connectivity index (χ3v) is 2.63. The molecule has 1 rings (SSSR count). The van der Waals surface area contributed by atoms with E-state index in [0.717, 1.165) is 30.8 Å². The van der Waals surface area contributed by atoms with Gasteiger partial charge in [0.1, 0.15) is 5.82 Å². The zero-order valence-electron chi connectivity index (χ0n) is 10.7. The Morgan fingerprint density at radius 1 is 1.25 bits per heavy atom. The first-order valence-corrected chi connectivity index (χ1v) is 6.05. The van der Waals surface area contributed by atoms with Crippen molar-refractivity contribution in [2.45, 2.75) is 46.6 Å². The summed E-state index contributed by atoms with van der Waals surface area (Å²) >= 11 is 0. The molecule has 0 unspecified atom stereocenters. The maximum absolute atomic E-state index is 4.46. The number of nitrogens with one attached hydrogen (secondary N) is 2. The van der Waals surface area contributed by atoms with E-state index in [1.165, 1.54) is 0 Å². The lowest BCUT2D eigenvalue weighted by Gasteiger charge is -2.17. The molecule has 0 atom stereocenters. The summed E-state index contributed by atoms with van der Waals surface area (Å²) in [6.07, 6.45) is 4.07. The van der Waals surface area contributed by atoms with Crippen molar-refractivity contribution >= 4 is 11.8 Å². The maximum atomic E-state index is 4.46. The van der Waals surface area contributed by atoms with Gasteiger partial charge in [-0.15, -0.1) is 0 Å². The zero-order valence-corrected chi connectivity index (χ0v) is 10.7. The number of aryl methyl sites for hydroxylation is 1. The molecule has 1 aromatic heterocycles. The maximum Gasteiger partial charge on any atom is 0.224 e. The molecule has 1 aromatic rings. The van der Waals surface area contributed by atoms with Crippen LogP contribution in [0.2, 0.25) is 0 Å². The minimum atomic E-state index is 0.489. The van der Waals surface area contributed by atoms with Crippen molar-refractivity contribution in [2.24, 2.45) is 0 Å². The number of aromatic nitrogens is 2. The second-order valence-electron chi connectivity index (χ2n) is 3.91. The van der Waals surface area contributed by atoms with E-state index < -0.39 is 0 Å². The van der Waals surface area contributed by atoms with Crippen molar-refractivity contribution in [1.29, 1.82) is 0 Å². The van der Waals surface area contributed by atoms with Crippen LogP contribution in [0.3, 0.4) is 0 Å². The molecular weight excluding hydrogens is 200 g/mol. The van der Waals surface area contributed by atoms with E-state index in [1.54, 1.807) is 0 Å². The molecule has 0 fully saturated rings. The average Bonchev–Trinajstić information content (AvgIpc) is 2.30. The zero-order chi connectivity index (χ0) is 12.0. The number of hydrogen-bond donors (Lipinski definition) is 2. The lowest BCUT2D eigenvalue weighted by Crippen LogP contribution is -2.19. The highest BCUT2D eigenvalue weighted by molar-refractivity contribution is 5.46. The number of nitrogens with zero attached hydrogens (tertiary/aromatic N) is 2. The Kier molecular flexibility index (Phi) is 5.02. The van der Waals surface area contributed by atoms with Gasteiger partial charge in [0.05, 0.1) is 0 Å². The summed E-state index contributed by atoms with van der Waals surface area (Å²) in [4.78, 5) is 8.69. The predicted octanol–water partition coefficient (Wildman–Crippen LogP) is 2.82. The fourth-order valence-electron chi connectivity index (χ4n) is 1.52. The third kappa shape index (κ3) is 3.36. The summed E-state index contributed by atoms with van der Waals surface area (Å²) in [5.41, 5.74) is 1.09. The lowest BCUT2D eigenvalue weighted by atomic mass is 10.1. The van der Waals surface area contributed by atoms with Crippen LogP contribution in [0.1, 0.15) is 39.2 Å². The van der Waals surface area contributed by atoms with E-state index in [-0.39, 0.29) is 0 Å². The van der Waals surface area contributed by atoms with Crippen molar-refractivity contribution in [3.05, 3.63) is 11.8 Å². The Hall–Kier alpha value is -1.32. The van der Waals surface area contributed by atoms with Crippen molar-refractivity contribution in [1.82, 2.24) is 9.97 Å². The highest BCUT2D eigenvalue weighted by atomic mass is 15.1. The topological polar surface area (TPSA) is 49.8 Å². The van der Waals surface area contributed by atoms with Gasteiger partial charge >= 0.3 is 0 Å². The quantitative estimate of drug-likeness (QED) is 0.777. The second-order valence-corrected chi connectivity index (χ2v) is 3.91. The molecule has 4 nitrogen and oxygen atoms in total. The van der Waals surface area contributed by atoms with Crippen LogP contribution in [0.5, 0.6) is 0 Å². The fraction of sp³-hybridized carbons (Fsp3) is 0.667. The molecule has 4 heteroatoms. The molecule has 0 aliphatic carbocycles. The predicted molar refractivity (Wildman–Crippen MR) is 68.9 cm³/mol. The molecular formula is C12H22N4. The van der Waals surface area contributed by atoms with Gasteiger partial charge in [0, 0.05) is 24.3 Å². The fourth-order valence-corrected chi connectivity index (χ4v) is 1.52. The van der Waals surface area contributed by atoms with Crippen LogP contribution in [0.15, 0.2) is 6.20 Å². The molecule has 0 radical (unpaired) electrons. The van der Waals surface area contributed by atoms with Gasteiger partial charge in [0.15, 0.2) is 0 Å². The Bertz CT molecular complexity index is 321. The van der Waals surface area contributed by atoms with Gasteiger partial charge < -0.3 is 10.6 Å². The lowest BCUT2D eigenvalue weighted by molar-refractivity contribution is 0.667. The normalized spacial score (nSPS) is 10.6. The summed E-state index contributed by atoms with van der Waals surface area (Å²) in [5, 5.41) is 6.58. The Balaban J connectivity index is 2.80. The molecule has 0 aliphatic heterocycles. The summed E-state index contributed by atoms with van der Waals surface area (Å²) < 4.78 is 0. The molecule has 0 saturated heterocycles. The van der Waals surface area contributed by atoms with Crippen LogP contribution >= 0.6 is 0 Å².